The summed E-state index contributed by atoms with van der Waals surface area (Å²) in [5, 5.41) is 15.8. The third-order valence-corrected chi connectivity index (χ3v) is 26.0. The number of carbonyl (C=O) groups excluding carboxylic acids is 12. The van der Waals surface area contributed by atoms with E-state index in [4.69, 9.17) is 52.5 Å². The lowest BCUT2D eigenvalue weighted by Gasteiger charge is -2.27. The number of fused-ring (bicyclic) bond motifs is 4. The Morgan fingerprint density at radius 3 is 1.18 bits per heavy atom. The molecule has 0 spiro atoms. The van der Waals surface area contributed by atoms with Crippen molar-refractivity contribution in [2.75, 3.05) is 66.3 Å². The van der Waals surface area contributed by atoms with E-state index >= 15 is 0 Å². The number of aryl methyl sites for hydroxylation is 4. The first-order chi connectivity index (χ1) is 66.6. The number of hydrogen-bond donors (Lipinski definition) is 5. The zero-order chi connectivity index (χ0) is 102. The van der Waals surface area contributed by atoms with Gasteiger partial charge in [0.15, 0.2) is 67.5 Å². The van der Waals surface area contributed by atoms with Gasteiger partial charge in [0, 0.05) is 102 Å². The molecule has 9 amide bonds. The Bertz CT molecular complexity index is 6880. The minimum Gasteiger partial charge on any atom is -0.493 e. The van der Waals surface area contributed by atoms with E-state index in [1.54, 1.807) is 88.9 Å². The zero-order valence-electron chi connectivity index (χ0n) is 77.7. The van der Waals surface area contributed by atoms with Crippen LogP contribution in [0.3, 0.4) is 0 Å². The molecule has 750 valence electrons. The van der Waals surface area contributed by atoms with Crippen LogP contribution >= 0.6 is 22.6 Å². The lowest BCUT2D eigenvalue weighted by molar-refractivity contribution is -0.171. The number of carboxylic acid groups (broad SMARTS) is 1. The highest BCUT2D eigenvalue weighted by molar-refractivity contribution is 14.1. The van der Waals surface area contributed by atoms with Gasteiger partial charge in [-0.3, -0.25) is 96.2 Å². The molecule has 141 heavy (non-hydrogen) atoms. The molecule has 4 aliphatic rings. The predicted octanol–water partition coefficient (Wildman–Crippen LogP) is 10.2. The number of halogens is 4. The van der Waals surface area contributed by atoms with Gasteiger partial charge in [-0.1, -0.05) is 47.6 Å². The maximum Gasteiger partial charge on any atom is 0.449 e. The summed E-state index contributed by atoms with van der Waals surface area (Å²) in [5.74, 6) is -6.89. The number of nitrogens with one attached hydrogen (secondary N) is 3. The molecule has 0 radical (unpaired) electrons. The largest absolute Gasteiger partial charge is 0.493 e. The van der Waals surface area contributed by atoms with Crippen LogP contribution in [0.2, 0.25) is 0 Å². The van der Waals surface area contributed by atoms with Gasteiger partial charge in [-0.2, -0.15) is 13.2 Å². The normalized spacial score (nSPS) is 14.4. The minimum atomic E-state index is -4.85. The van der Waals surface area contributed by atoms with Gasteiger partial charge in [0.2, 0.25) is 29.4 Å². The van der Waals surface area contributed by atoms with Crippen LogP contribution in [0.5, 0.6) is 69.0 Å². The molecular weight excluding hydrogens is 2010 g/mol. The number of aliphatic carboxylic acids is 1. The number of rotatable bonds is 40. The number of carboxylic acids is 1. The lowest BCUT2D eigenvalue weighted by atomic mass is 10.0. The Kier molecular flexibility index (Phi) is 36.6. The second kappa shape index (κ2) is 47.7. The minimum absolute atomic E-state index is 0. The van der Waals surface area contributed by atoms with Gasteiger partial charge < -0.3 is 63.9 Å². The van der Waals surface area contributed by atoms with Gasteiger partial charge in [-0.25, -0.2) is 31.2 Å². The summed E-state index contributed by atoms with van der Waals surface area (Å²) in [7, 11) is 4.34. The molecule has 14 rings (SSSR count). The monoisotopic (exact) mass is 2110 g/mol. The van der Waals surface area contributed by atoms with Crippen molar-refractivity contribution in [2.45, 2.75) is 123 Å². The van der Waals surface area contributed by atoms with Crippen molar-refractivity contribution in [1.29, 1.82) is 0 Å². The molecule has 7 N–H and O–H groups in total. The van der Waals surface area contributed by atoms with Crippen molar-refractivity contribution in [1.82, 2.24) is 50.2 Å². The van der Waals surface area contributed by atoms with E-state index in [9.17, 15) is 102 Å². The molecule has 8 aromatic carbocycles. The molecule has 46 heteroatoms. The third kappa shape index (κ3) is 26.0. The van der Waals surface area contributed by atoms with Crippen molar-refractivity contribution in [2.24, 2.45) is 28.2 Å². The molecular formula is C95H100F3IN10O30S2. The van der Waals surface area contributed by atoms with E-state index in [1.807, 2.05) is 4.93 Å². The standard InChI is InChI=1S/C46H47N5O14S.C26H26N2O9S.C22H21F3N2O7.CH3I.H3N/c1-49-34-21-27(26-66(59,60)31-16-18-36(61-3)39(22-31)62-4)38(23-35(34)50(2)46(49)58)65-30-14-12-29(13-15-30)63-25-41(54)47-20-7-5-6-9-28(52)24-64-37-11-8-10-32-42(37)45(57)51(44(32)56)33-17-19-40(53)48-43(33)55;1-27-20-11-16(15-38(32,33)19-9-10-22(34-3)24(12-19)35-4)23(13-21(20)28(2)26(27)31)37-18-7-5-17(6-8-18)36-14-25(29)30;23-22(24,25)16(29)8-3-1-2-5-12(28)11-34-15-7-4-6-13-18(15)21(33)27(20(13)32)14-9-10-17(30)26-19(14)31;1-2;/h8,10-16,18,21-23,33H,5-7,9,17,19-20,24-26H2,1-4H3,(H,47,54)(H,48,53,55);5-13H,14-15H2,1-4H3,(H,29,30);4,6-7,14H,1-3,5,8-11H2,(H,26,30,31);1H3;1H3. The number of ether oxygens (including phenoxy) is 10. The summed E-state index contributed by atoms with van der Waals surface area (Å²) in [4.78, 5) is 187. The molecule has 2 saturated heterocycles. The van der Waals surface area contributed by atoms with Gasteiger partial charge in [-0.15, -0.1) is 0 Å². The zero-order valence-corrected chi connectivity index (χ0v) is 81.4. The average molecular weight is 2110 g/mol. The Balaban J connectivity index is 0.000000232. The summed E-state index contributed by atoms with van der Waals surface area (Å²) in [6, 6.07) is 34.1. The van der Waals surface area contributed by atoms with E-state index < -0.39 is 128 Å². The van der Waals surface area contributed by atoms with Crippen molar-refractivity contribution in [3.8, 4) is 69.0 Å². The van der Waals surface area contributed by atoms with Gasteiger partial charge in [0.1, 0.15) is 71.3 Å². The number of hydrogen-bond acceptors (Lipinski definition) is 30. The summed E-state index contributed by atoms with van der Waals surface area (Å²) in [6.07, 6.45) is -3.06. The van der Waals surface area contributed by atoms with Crippen LogP contribution in [-0.4, -0.2) is 211 Å². The molecule has 2 aromatic heterocycles. The number of unbranched alkanes of at least 4 members (excludes halogenated alkanes) is 4. The van der Waals surface area contributed by atoms with E-state index in [0.29, 0.717) is 93.5 Å². The second-order valence-corrected chi connectivity index (χ2v) is 35.9. The quantitative estimate of drug-likeness (QED) is 0.0103. The Hall–Kier alpha value is -14.8. The number of amides is 9. The molecule has 4 aliphatic heterocycles. The van der Waals surface area contributed by atoms with Crippen molar-refractivity contribution in [3.05, 3.63) is 200 Å². The SMILES string of the molecule is CI.COc1ccc(S(=O)(=O)Cc2cc3c(cc2Oc2ccc(OCC(=O)NCCCCCC(=O)COc4cccc5c4C(=O)N(C4CCC(=O)NC4=O)C5=O)cc2)n(C)c(=O)n3C)cc1OC.COc1ccc(S(=O)(=O)Cc2cc3c(cc2Oc2ccc(OCC(=O)O)cc2)n(C)c(=O)n3C)cc1OC.N.O=C(CCCCCC(=O)C(F)(F)F)COc1cccc2c1C(=O)N(C1CCC(=O)NC1=O)C2=O. The van der Waals surface area contributed by atoms with E-state index in [2.05, 4.69) is 38.5 Å². The number of methoxy groups -OCH3 is 4. The number of benzene rings is 8. The third-order valence-electron chi connectivity index (χ3n) is 22.6. The molecule has 10 aromatic rings. The smallest absolute Gasteiger partial charge is 0.449 e. The van der Waals surface area contributed by atoms with Gasteiger partial charge >= 0.3 is 23.5 Å². The average Bonchev–Trinajstić information content (AvgIpc) is 1.63. The molecule has 6 heterocycles. The fraction of sp³-hybridized carbons (Fsp3) is 0.337. The van der Waals surface area contributed by atoms with Crippen molar-refractivity contribution < 1.29 is 145 Å². The summed E-state index contributed by atoms with van der Waals surface area (Å²) in [6.45, 7) is -1.18. The van der Waals surface area contributed by atoms with Crippen LogP contribution in [-0.2, 0) is 103 Å². The molecule has 2 atom stereocenters. The highest BCUT2D eigenvalue weighted by Gasteiger charge is 2.48. The van der Waals surface area contributed by atoms with Crippen LogP contribution in [0.15, 0.2) is 165 Å². The van der Waals surface area contributed by atoms with Crippen LogP contribution < -0.4 is 80.8 Å². The molecule has 0 aliphatic carbocycles. The summed E-state index contributed by atoms with van der Waals surface area (Å²) >= 11 is 2.15. The Labute approximate surface area is 817 Å². The number of Topliss-reactive ketones (excluding diaryl/α,β-unsaturated/α-hetero) is 3. The number of aromatic nitrogens is 4. The topological polar surface area (TPSA) is 534 Å². The highest BCUT2D eigenvalue weighted by Crippen LogP contribution is 2.41. The lowest BCUT2D eigenvalue weighted by Crippen LogP contribution is -2.54. The number of alkyl halides is 4. The van der Waals surface area contributed by atoms with Crippen LogP contribution in [0.25, 0.3) is 22.1 Å². The molecule has 40 nitrogen and oxygen atoms in total. The molecule has 0 bridgehead atoms. The predicted molar refractivity (Wildman–Crippen MR) is 507 cm³/mol. The number of sulfone groups is 2. The Morgan fingerprint density at radius 1 is 0.433 bits per heavy atom. The Morgan fingerprint density at radius 2 is 0.801 bits per heavy atom. The van der Waals surface area contributed by atoms with E-state index in [0.717, 1.165) is 9.80 Å². The number of imide groups is 4. The maximum absolute atomic E-state index is 13.7. The highest BCUT2D eigenvalue weighted by atomic mass is 127. The van der Waals surface area contributed by atoms with Gasteiger partial charge in [-0.05, 0) is 153 Å². The number of imidazole rings is 2. The van der Waals surface area contributed by atoms with Crippen LogP contribution in [0, 0.1) is 0 Å². The van der Waals surface area contributed by atoms with Crippen LogP contribution in [0.4, 0.5) is 13.2 Å². The number of carbonyl (C=O) groups is 13. The number of ketones is 3. The molecule has 0 saturated carbocycles. The van der Waals surface area contributed by atoms with Gasteiger partial charge in [0.05, 0.1) is 94.1 Å². The summed E-state index contributed by atoms with van der Waals surface area (Å²) in [5.41, 5.74) is 2.16. The van der Waals surface area contributed by atoms with E-state index in [-0.39, 0.29) is 173 Å². The van der Waals surface area contributed by atoms with Gasteiger partial charge in [0.25, 0.3) is 29.5 Å². The van der Waals surface area contributed by atoms with Crippen LogP contribution in [0.1, 0.15) is 136 Å². The first kappa shape index (κ1) is 108. The van der Waals surface area contributed by atoms with Crippen molar-refractivity contribution in [3.63, 3.8) is 0 Å². The fourth-order valence-corrected chi connectivity index (χ4v) is 18.1. The maximum atomic E-state index is 13.7. The first-order valence-corrected chi connectivity index (χ1v) is 48.6. The molecule has 2 unspecified atom stereocenters. The number of piperidine rings is 2. The van der Waals surface area contributed by atoms with E-state index in [1.165, 1.54) is 132 Å². The van der Waals surface area contributed by atoms with Crippen molar-refractivity contribution >= 4 is 141 Å². The number of nitrogens with zero attached hydrogens (tertiary/aromatic N) is 6. The fourth-order valence-electron chi connectivity index (χ4n) is 15.4. The molecule has 2 fully saturated rings. The second-order valence-electron chi connectivity index (χ2n) is 31.9. The first-order valence-electron chi connectivity index (χ1n) is 43.2. The summed E-state index contributed by atoms with van der Waals surface area (Å²) < 4.78 is 152.